The first-order valence-corrected chi connectivity index (χ1v) is 11.7. The molecule has 4 rings (SSSR count). The van der Waals surface area contributed by atoms with Crippen molar-refractivity contribution < 1.29 is 27.9 Å². The first-order chi connectivity index (χ1) is 17.4. The number of aryl methyl sites for hydroxylation is 1. The highest BCUT2D eigenvalue weighted by Crippen LogP contribution is 2.31. The smallest absolute Gasteiger partial charge is 0.455 e. The lowest BCUT2D eigenvalue weighted by atomic mass is 10.0. The Kier molecular flexibility index (Phi) is 7.26. The number of aromatic nitrogens is 2. The maximum absolute atomic E-state index is 12.8. The minimum absolute atomic E-state index is 0.0494. The third kappa shape index (κ3) is 5.77. The van der Waals surface area contributed by atoms with Crippen LogP contribution >= 0.6 is 11.6 Å². The number of rotatable bonds is 6. The van der Waals surface area contributed by atoms with Gasteiger partial charge in [-0.3, -0.25) is 4.79 Å². The third-order valence-electron chi connectivity index (χ3n) is 6.07. The Morgan fingerprint density at radius 2 is 1.86 bits per heavy atom. The van der Waals surface area contributed by atoms with E-state index in [2.05, 4.69) is 15.3 Å². The molecule has 0 radical (unpaired) electrons. The SMILES string of the molecule is Cc1cc(Cl)ccc1-c1ccc(C(=O)O)c(N2CCCC(Nc3ccc(C(=O)C(F)(F)F)c(N)n3)C2)n1. The van der Waals surface area contributed by atoms with Gasteiger partial charge in [-0.05, 0) is 61.7 Å². The molecule has 1 aliphatic rings. The zero-order chi connectivity index (χ0) is 26.9. The quantitative estimate of drug-likeness (QED) is 0.369. The lowest BCUT2D eigenvalue weighted by molar-refractivity contribution is -0.0884. The van der Waals surface area contributed by atoms with Crippen molar-refractivity contribution in [2.24, 2.45) is 0 Å². The summed E-state index contributed by atoms with van der Waals surface area (Å²) in [6.45, 7) is 2.81. The lowest BCUT2D eigenvalue weighted by Crippen LogP contribution is -2.43. The Morgan fingerprint density at radius 3 is 2.51 bits per heavy atom. The molecule has 0 aliphatic carbocycles. The van der Waals surface area contributed by atoms with Crippen LogP contribution in [-0.4, -0.2) is 52.1 Å². The predicted molar refractivity (Wildman–Crippen MR) is 134 cm³/mol. The van der Waals surface area contributed by atoms with E-state index in [1.165, 1.54) is 12.1 Å². The van der Waals surface area contributed by atoms with Gasteiger partial charge in [-0.2, -0.15) is 13.2 Å². The summed E-state index contributed by atoms with van der Waals surface area (Å²) in [7, 11) is 0. The average Bonchev–Trinajstić information content (AvgIpc) is 2.83. The number of carboxylic acids is 1. The minimum Gasteiger partial charge on any atom is -0.478 e. The van der Waals surface area contributed by atoms with Gasteiger partial charge in [0.25, 0.3) is 5.78 Å². The van der Waals surface area contributed by atoms with Crippen molar-refractivity contribution in [1.82, 2.24) is 9.97 Å². The van der Waals surface area contributed by atoms with Crippen LogP contribution in [0.15, 0.2) is 42.5 Å². The highest BCUT2D eigenvalue weighted by atomic mass is 35.5. The zero-order valence-corrected chi connectivity index (χ0v) is 20.4. The summed E-state index contributed by atoms with van der Waals surface area (Å²) in [5.74, 6) is -3.18. The Hall–Kier alpha value is -3.86. The molecule has 4 N–H and O–H groups in total. The number of alkyl halides is 3. The minimum atomic E-state index is -5.05. The third-order valence-corrected chi connectivity index (χ3v) is 6.30. The topological polar surface area (TPSA) is 121 Å². The van der Waals surface area contributed by atoms with Crippen molar-refractivity contribution in [3.63, 3.8) is 0 Å². The summed E-state index contributed by atoms with van der Waals surface area (Å²) < 4.78 is 38.3. The largest absolute Gasteiger partial charge is 0.478 e. The van der Waals surface area contributed by atoms with Crippen LogP contribution in [0.4, 0.5) is 30.6 Å². The van der Waals surface area contributed by atoms with Gasteiger partial charge in [-0.1, -0.05) is 17.7 Å². The van der Waals surface area contributed by atoms with Gasteiger partial charge >= 0.3 is 12.1 Å². The number of carbonyl (C=O) groups is 2. The molecular weight excluding hydrogens is 511 g/mol. The summed E-state index contributed by atoms with van der Waals surface area (Å²) >= 11 is 6.07. The maximum Gasteiger partial charge on any atom is 0.455 e. The van der Waals surface area contributed by atoms with Crippen LogP contribution in [0.5, 0.6) is 0 Å². The predicted octanol–water partition coefficient (Wildman–Crippen LogP) is 5.21. The Labute approximate surface area is 215 Å². The summed E-state index contributed by atoms with van der Waals surface area (Å²) in [5.41, 5.74) is 7.27. The number of nitrogens with zero attached hydrogens (tertiary/aromatic N) is 3. The molecular formula is C25H23ClF3N5O3. The number of halogens is 4. The van der Waals surface area contributed by atoms with Gasteiger partial charge in [-0.25, -0.2) is 14.8 Å². The van der Waals surface area contributed by atoms with Crippen LogP contribution in [-0.2, 0) is 0 Å². The normalized spacial score (nSPS) is 15.9. The van der Waals surface area contributed by atoms with Gasteiger partial charge in [0.2, 0.25) is 0 Å². The zero-order valence-electron chi connectivity index (χ0n) is 19.6. The standard InChI is InChI=1S/C25H23ClF3N5O3/c1-13-11-14(26)4-5-16(13)19-8-6-18(24(36)37)23(32-19)34-10-2-3-15(12-34)31-20-9-7-17(22(30)33-20)21(35)25(27,28)29/h4-9,11,15H,2-3,10,12H2,1H3,(H,36,37)(H3,30,31,33). The van der Waals surface area contributed by atoms with Crippen LogP contribution in [0.3, 0.4) is 0 Å². The molecule has 8 nitrogen and oxygen atoms in total. The van der Waals surface area contributed by atoms with Crippen LogP contribution < -0.4 is 16.0 Å². The van der Waals surface area contributed by atoms with Gasteiger partial charge < -0.3 is 21.1 Å². The number of Topliss-reactive ketones (excluding diaryl/α,β-unsaturated/α-hetero) is 1. The van der Waals surface area contributed by atoms with Gasteiger partial charge in [0, 0.05) is 29.7 Å². The molecule has 37 heavy (non-hydrogen) atoms. The Morgan fingerprint density at radius 1 is 1.14 bits per heavy atom. The van der Waals surface area contributed by atoms with E-state index in [1.807, 2.05) is 17.9 Å². The molecule has 1 aromatic carbocycles. The molecule has 194 valence electrons. The van der Waals surface area contributed by atoms with Gasteiger partial charge in [0.05, 0.1) is 11.3 Å². The van der Waals surface area contributed by atoms with Crippen LogP contribution in [0.2, 0.25) is 5.02 Å². The van der Waals surface area contributed by atoms with Crippen molar-refractivity contribution in [2.75, 3.05) is 29.0 Å². The molecule has 0 bridgehead atoms. The number of nitrogen functional groups attached to an aromatic ring is 1. The fraction of sp³-hybridized carbons (Fsp3) is 0.280. The summed E-state index contributed by atoms with van der Waals surface area (Å²) in [6.07, 6.45) is -3.66. The number of hydrogen-bond acceptors (Lipinski definition) is 7. The Bertz CT molecular complexity index is 1370. The number of carboxylic acid groups (broad SMARTS) is 1. The molecule has 3 aromatic rings. The number of nitrogens with two attached hydrogens (primary N) is 1. The van der Waals surface area contributed by atoms with E-state index >= 15 is 0 Å². The van der Waals surface area contributed by atoms with E-state index < -0.39 is 29.3 Å². The number of anilines is 3. The number of benzene rings is 1. The van der Waals surface area contributed by atoms with Crippen LogP contribution in [0.25, 0.3) is 11.3 Å². The number of piperidine rings is 1. The molecule has 0 saturated carbocycles. The van der Waals surface area contributed by atoms with Crippen molar-refractivity contribution in [3.8, 4) is 11.3 Å². The molecule has 1 saturated heterocycles. The highest BCUT2D eigenvalue weighted by Gasteiger charge is 2.40. The summed E-state index contributed by atoms with van der Waals surface area (Å²) in [5, 5.41) is 13.5. The molecule has 0 spiro atoms. The second kappa shape index (κ2) is 10.3. The molecule has 1 atom stereocenters. The molecule has 1 unspecified atom stereocenters. The van der Waals surface area contributed by atoms with Crippen LogP contribution in [0.1, 0.15) is 39.1 Å². The van der Waals surface area contributed by atoms with E-state index in [0.29, 0.717) is 42.5 Å². The van der Waals surface area contributed by atoms with Crippen molar-refractivity contribution in [2.45, 2.75) is 32.0 Å². The average molecular weight is 534 g/mol. The fourth-order valence-corrected chi connectivity index (χ4v) is 4.54. The number of pyridine rings is 2. The maximum atomic E-state index is 12.8. The van der Waals surface area contributed by atoms with Crippen molar-refractivity contribution >= 4 is 40.8 Å². The van der Waals surface area contributed by atoms with E-state index in [-0.39, 0.29) is 17.4 Å². The van der Waals surface area contributed by atoms with Crippen molar-refractivity contribution in [1.29, 1.82) is 0 Å². The summed E-state index contributed by atoms with van der Waals surface area (Å²) in [6, 6.07) is 10.6. The second-order valence-corrected chi connectivity index (χ2v) is 9.15. The van der Waals surface area contributed by atoms with Crippen molar-refractivity contribution in [3.05, 3.63) is 64.2 Å². The molecule has 2 aromatic heterocycles. The highest BCUT2D eigenvalue weighted by molar-refractivity contribution is 6.30. The van der Waals surface area contributed by atoms with E-state index in [1.54, 1.807) is 18.2 Å². The van der Waals surface area contributed by atoms with Crippen LogP contribution in [0, 0.1) is 6.92 Å². The monoisotopic (exact) mass is 533 g/mol. The van der Waals surface area contributed by atoms with Gasteiger partial charge in [0.1, 0.15) is 23.0 Å². The number of ketones is 1. The van der Waals surface area contributed by atoms with E-state index in [0.717, 1.165) is 17.2 Å². The molecule has 12 heteroatoms. The number of nitrogens with one attached hydrogen (secondary N) is 1. The lowest BCUT2D eigenvalue weighted by Gasteiger charge is -2.35. The summed E-state index contributed by atoms with van der Waals surface area (Å²) in [4.78, 5) is 33.9. The number of aromatic carboxylic acids is 1. The van der Waals surface area contributed by atoms with E-state index in [9.17, 15) is 27.9 Å². The molecule has 1 aliphatic heterocycles. The number of carbonyl (C=O) groups excluding carboxylic acids is 1. The van der Waals surface area contributed by atoms with E-state index in [4.69, 9.17) is 17.3 Å². The molecule has 3 heterocycles. The second-order valence-electron chi connectivity index (χ2n) is 8.72. The van der Waals surface area contributed by atoms with Gasteiger partial charge in [-0.15, -0.1) is 0 Å². The number of hydrogen-bond donors (Lipinski definition) is 3. The first-order valence-electron chi connectivity index (χ1n) is 11.3. The fourth-order valence-electron chi connectivity index (χ4n) is 4.32. The van der Waals surface area contributed by atoms with Gasteiger partial charge in [0.15, 0.2) is 0 Å². The Balaban J connectivity index is 1.58. The first kappa shape index (κ1) is 26.2. The molecule has 0 amide bonds. The molecule has 1 fully saturated rings.